The Kier molecular flexibility index (Phi) is 11.6. The molecule has 0 spiro atoms. The number of rotatable bonds is 14. The number of carbonyl (C=O) groups is 1. The van der Waals surface area contributed by atoms with Gasteiger partial charge in [-0.25, -0.2) is 0 Å². The second-order valence-electron chi connectivity index (χ2n) is 6.98. The van der Waals surface area contributed by atoms with E-state index in [1.165, 1.54) is 38.5 Å². The minimum Gasteiger partial charge on any atom is -0.393 e. The Morgan fingerprint density at radius 2 is 1.32 bits per heavy atom. The lowest BCUT2D eigenvalue weighted by atomic mass is 9.73. The van der Waals surface area contributed by atoms with E-state index in [4.69, 9.17) is 5.73 Å². The Morgan fingerprint density at radius 3 is 1.68 bits per heavy atom. The molecule has 0 fully saturated rings. The van der Waals surface area contributed by atoms with Crippen molar-refractivity contribution in [2.75, 3.05) is 0 Å². The third kappa shape index (κ3) is 9.42. The zero-order valence-corrected chi connectivity index (χ0v) is 14.8. The highest BCUT2D eigenvalue weighted by Gasteiger charge is 2.38. The molecule has 132 valence electrons. The van der Waals surface area contributed by atoms with Gasteiger partial charge in [-0.2, -0.15) is 0 Å². The summed E-state index contributed by atoms with van der Waals surface area (Å²) in [5.41, 5.74) is 4.83. The molecule has 0 bridgehead atoms. The number of aliphatic hydroxyl groups is 2. The minimum atomic E-state index is -0.773. The fraction of sp³-hybridized carbons (Fsp3) is 0.944. The predicted octanol–water partition coefficient (Wildman–Crippen LogP) is 3.53. The second kappa shape index (κ2) is 11.9. The van der Waals surface area contributed by atoms with Crippen LogP contribution in [0.5, 0.6) is 0 Å². The average molecular weight is 315 g/mol. The molecule has 0 aromatic rings. The topological polar surface area (TPSA) is 83.6 Å². The summed E-state index contributed by atoms with van der Waals surface area (Å²) in [6, 6.07) is 0. The maximum atomic E-state index is 11.9. The number of amides is 1. The number of nitrogens with two attached hydrogens (primary N) is 1. The van der Waals surface area contributed by atoms with Gasteiger partial charge < -0.3 is 15.9 Å². The molecule has 4 heteroatoms. The molecule has 0 aliphatic rings. The molecular formula is C18H37NO3. The molecule has 22 heavy (non-hydrogen) atoms. The van der Waals surface area contributed by atoms with Crippen LogP contribution >= 0.6 is 0 Å². The van der Waals surface area contributed by atoms with Crippen LogP contribution in [-0.4, -0.2) is 28.3 Å². The van der Waals surface area contributed by atoms with Gasteiger partial charge in [0.1, 0.15) is 0 Å². The van der Waals surface area contributed by atoms with Gasteiger partial charge in [-0.3, -0.25) is 4.79 Å². The summed E-state index contributed by atoms with van der Waals surface area (Å²) in [6.45, 7) is 5.56. The van der Waals surface area contributed by atoms with Crippen LogP contribution in [0.1, 0.15) is 91.4 Å². The molecule has 0 aromatic carbocycles. The molecule has 4 nitrogen and oxygen atoms in total. The molecule has 0 saturated carbocycles. The Morgan fingerprint density at radius 1 is 0.909 bits per heavy atom. The van der Waals surface area contributed by atoms with Crippen molar-refractivity contribution in [3.8, 4) is 0 Å². The Hall–Kier alpha value is -0.610. The highest BCUT2D eigenvalue weighted by atomic mass is 16.3. The van der Waals surface area contributed by atoms with Gasteiger partial charge >= 0.3 is 0 Å². The van der Waals surface area contributed by atoms with Crippen LogP contribution in [0.3, 0.4) is 0 Å². The van der Waals surface area contributed by atoms with Crippen molar-refractivity contribution in [1.29, 1.82) is 0 Å². The summed E-state index contributed by atoms with van der Waals surface area (Å²) in [4.78, 5) is 11.9. The van der Waals surface area contributed by atoms with Gasteiger partial charge in [0.25, 0.3) is 0 Å². The largest absolute Gasteiger partial charge is 0.393 e. The molecule has 0 aliphatic carbocycles. The van der Waals surface area contributed by atoms with Crippen molar-refractivity contribution in [1.82, 2.24) is 0 Å². The van der Waals surface area contributed by atoms with E-state index in [9.17, 15) is 15.0 Å². The fourth-order valence-corrected chi connectivity index (χ4v) is 3.34. The van der Waals surface area contributed by atoms with E-state index in [2.05, 4.69) is 6.92 Å². The van der Waals surface area contributed by atoms with Crippen molar-refractivity contribution in [3.63, 3.8) is 0 Å². The zero-order valence-electron chi connectivity index (χ0n) is 14.8. The summed E-state index contributed by atoms with van der Waals surface area (Å²) in [6.07, 6.45) is 9.78. The molecular weight excluding hydrogens is 278 g/mol. The van der Waals surface area contributed by atoms with E-state index in [-0.39, 0.29) is 0 Å². The summed E-state index contributed by atoms with van der Waals surface area (Å²) < 4.78 is 0. The van der Waals surface area contributed by atoms with E-state index in [1.807, 2.05) is 0 Å². The van der Waals surface area contributed by atoms with Gasteiger partial charge in [0.2, 0.25) is 5.91 Å². The van der Waals surface area contributed by atoms with Crippen molar-refractivity contribution >= 4 is 5.91 Å². The van der Waals surface area contributed by atoms with Crippen LogP contribution in [0.2, 0.25) is 0 Å². The molecule has 2 atom stereocenters. The monoisotopic (exact) mass is 315 g/mol. The first-order valence-electron chi connectivity index (χ1n) is 9.00. The van der Waals surface area contributed by atoms with E-state index in [0.717, 1.165) is 12.8 Å². The Balaban J connectivity index is 4.25. The highest BCUT2D eigenvalue weighted by molar-refractivity contribution is 5.80. The standard InChI is InChI=1S/C18H37NO3/c1-4-5-6-7-8-9-10-11-12-18(17(19)22,13-15(2)20)14-16(3)21/h15-16,20-21H,4-14H2,1-3H3,(H2,19,22). The first-order chi connectivity index (χ1) is 10.3. The van der Waals surface area contributed by atoms with Crippen molar-refractivity contribution < 1.29 is 15.0 Å². The lowest BCUT2D eigenvalue weighted by Gasteiger charge is -2.33. The summed E-state index contributed by atoms with van der Waals surface area (Å²) >= 11 is 0. The molecule has 2 unspecified atom stereocenters. The minimum absolute atomic E-state index is 0.337. The van der Waals surface area contributed by atoms with E-state index >= 15 is 0 Å². The molecule has 0 radical (unpaired) electrons. The summed E-state index contributed by atoms with van der Waals surface area (Å²) in [5, 5.41) is 19.4. The van der Waals surface area contributed by atoms with Crippen LogP contribution in [0.25, 0.3) is 0 Å². The van der Waals surface area contributed by atoms with Gasteiger partial charge in [-0.05, 0) is 33.1 Å². The highest BCUT2D eigenvalue weighted by Crippen LogP contribution is 2.35. The molecule has 0 aromatic heterocycles. The van der Waals surface area contributed by atoms with Gasteiger partial charge in [0.15, 0.2) is 0 Å². The first-order valence-corrected chi connectivity index (χ1v) is 9.00. The number of carbonyl (C=O) groups excluding carboxylic acids is 1. The molecule has 0 rings (SSSR count). The maximum Gasteiger partial charge on any atom is 0.223 e. The quantitative estimate of drug-likeness (QED) is 0.429. The second-order valence-corrected chi connectivity index (χ2v) is 6.98. The zero-order chi connectivity index (χ0) is 17.0. The van der Waals surface area contributed by atoms with Crippen LogP contribution < -0.4 is 5.73 Å². The number of primary amides is 1. The molecule has 0 heterocycles. The Bertz CT molecular complexity index is 280. The van der Waals surface area contributed by atoms with Crippen molar-refractivity contribution in [2.24, 2.45) is 11.1 Å². The first kappa shape index (κ1) is 21.4. The molecule has 4 N–H and O–H groups in total. The smallest absolute Gasteiger partial charge is 0.223 e. The lowest BCUT2D eigenvalue weighted by molar-refractivity contribution is -0.132. The van der Waals surface area contributed by atoms with E-state index in [0.29, 0.717) is 19.3 Å². The third-order valence-electron chi connectivity index (χ3n) is 4.40. The third-order valence-corrected chi connectivity index (χ3v) is 4.40. The van der Waals surface area contributed by atoms with Gasteiger partial charge in [0.05, 0.1) is 17.6 Å². The fourth-order valence-electron chi connectivity index (χ4n) is 3.34. The van der Waals surface area contributed by atoms with Crippen molar-refractivity contribution in [2.45, 2.75) is 104 Å². The molecule has 1 amide bonds. The summed E-state index contributed by atoms with van der Waals surface area (Å²) in [7, 11) is 0. The molecule has 0 aliphatic heterocycles. The number of aliphatic hydroxyl groups excluding tert-OH is 2. The molecule has 0 saturated heterocycles. The number of unbranched alkanes of at least 4 members (excludes halogenated alkanes) is 7. The maximum absolute atomic E-state index is 11.9. The van der Waals surface area contributed by atoms with E-state index < -0.39 is 23.5 Å². The van der Waals surface area contributed by atoms with Crippen LogP contribution in [0.15, 0.2) is 0 Å². The van der Waals surface area contributed by atoms with E-state index in [1.54, 1.807) is 13.8 Å². The number of hydrogen-bond donors (Lipinski definition) is 3. The average Bonchev–Trinajstić information content (AvgIpc) is 2.40. The normalized spacial score (nSPS) is 17.0. The van der Waals surface area contributed by atoms with Crippen molar-refractivity contribution in [3.05, 3.63) is 0 Å². The van der Waals surface area contributed by atoms with Gasteiger partial charge in [0, 0.05) is 0 Å². The summed E-state index contributed by atoms with van der Waals surface area (Å²) in [5.74, 6) is -0.391. The Labute approximate surface area is 136 Å². The van der Waals surface area contributed by atoms with Crippen LogP contribution in [0, 0.1) is 5.41 Å². The van der Waals surface area contributed by atoms with Gasteiger partial charge in [-0.1, -0.05) is 58.3 Å². The lowest BCUT2D eigenvalue weighted by Crippen LogP contribution is -2.41. The SMILES string of the molecule is CCCCCCCCCCC(CC(C)O)(CC(C)O)C(N)=O. The van der Waals surface area contributed by atoms with Gasteiger partial charge in [-0.15, -0.1) is 0 Å². The predicted molar refractivity (Wildman–Crippen MR) is 91.5 cm³/mol. The van der Waals surface area contributed by atoms with Crippen LogP contribution in [-0.2, 0) is 4.79 Å². The van der Waals surface area contributed by atoms with Crippen LogP contribution in [0.4, 0.5) is 0 Å². The number of hydrogen-bond acceptors (Lipinski definition) is 3.